The van der Waals surface area contributed by atoms with Gasteiger partial charge >= 0.3 is 0 Å². The molecule has 19 heavy (non-hydrogen) atoms. The Morgan fingerprint density at radius 3 is 2.74 bits per heavy atom. The van der Waals surface area contributed by atoms with E-state index in [0.29, 0.717) is 6.04 Å². The first kappa shape index (κ1) is 14.4. The summed E-state index contributed by atoms with van der Waals surface area (Å²) in [7, 11) is 4.21. The second kappa shape index (κ2) is 6.40. The standard InChI is InChI=1S/C16H26N2O/c1-5-15-8-12-7-13(10-17-3)16(19-6-2)9-14(12)11-18(15)4/h7,9,15,17H,5-6,8,10-11H2,1-4H3. The van der Waals surface area contributed by atoms with Crippen LogP contribution in [0.15, 0.2) is 12.1 Å². The van der Waals surface area contributed by atoms with Crippen molar-refractivity contribution in [2.24, 2.45) is 0 Å². The SMILES string of the molecule is CCOc1cc2c(cc1CNC)CC(CC)N(C)C2. The second-order valence-electron chi connectivity index (χ2n) is 5.37. The van der Waals surface area contributed by atoms with Crippen LogP contribution in [0.5, 0.6) is 5.75 Å². The summed E-state index contributed by atoms with van der Waals surface area (Å²) in [6.45, 7) is 6.95. The summed E-state index contributed by atoms with van der Waals surface area (Å²) in [4.78, 5) is 2.45. The molecule has 1 aliphatic rings. The molecule has 0 aromatic heterocycles. The lowest BCUT2D eigenvalue weighted by molar-refractivity contribution is 0.209. The zero-order valence-electron chi connectivity index (χ0n) is 12.6. The lowest BCUT2D eigenvalue weighted by atomic mass is 9.91. The number of hydrogen-bond acceptors (Lipinski definition) is 3. The molecule has 0 bridgehead atoms. The summed E-state index contributed by atoms with van der Waals surface area (Å²) in [5, 5.41) is 3.23. The fraction of sp³-hybridized carbons (Fsp3) is 0.625. The predicted molar refractivity (Wildman–Crippen MR) is 79.6 cm³/mol. The third kappa shape index (κ3) is 3.10. The van der Waals surface area contributed by atoms with E-state index in [0.717, 1.165) is 31.9 Å². The Morgan fingerprint density at radius 2 is 2.11 bits per heavy atom. The highest BCUT2D eigenvalue weighted by molar-refractivity contribution is 5.44. The van der Waals surface area contributed by atoms with Crippen molar-refractivity contribution in [1.29, 1.82) is 0 Å². The average molecular weight is 262 g/mol. The molecular formula is C16H26N2O. The van der Waals surface area contributed by atoms with E-state index in [1.807, 2.05) is 14.0 Å². The summed E-state index contributed by atoms with van der Waals surface area (Å²) in [6.07, 6.45) is 2.37. The molecule has 1 heterocycles. The van der Waals surface area contributed by atoms with Crippen molar-refractivity contribution in [3.05, 3.63) is 28.8 Å². The molecule has 1 aromatic rings. The highest BCUT2D eigenvalue weighted by atomic mass is 16.5. The molecule has 0 radical (unpaired) electrons. The minimum atomic E-state index is 0.674. The van der Waals surface area contributed by atoms with Crippen LogP contribution in [-0.4, -0.2) is 31.6 Å². The molecule has 1 N–H and O–H groups in total. The van der Waals surface area contributed by atoms with Crippen molar-refractivity contribution < 1.29 is 4.74 Å². The van der Waals surface area contributed by atoms with E-state index in [1.165, 1.54) is 23.1 Å². The zero-order chi connectivity index (χ0) is 13.8. The molecule has 1 aromatic carbocycles. The number of hydrogen-bond donors (Lipinski definition) is 1. The molecule has 0 aliphatic carbocycles. The van der Waals surface area contributed by atoms with Crippen LogP contribution in [0.1, 0.15) is 37.0 Å². The van der Waals surface area contributed by atoms with Crippen LogP contribution in [0.25, 0.3) is 0 Å². The van der Waals surface area contributed by atoms with Crippen LogP contribution in [0.3, 0.4) is 0 Å². The molecular weight excluding hydrogens is 236 g/mol. The molecule has 0 saturated heterocycles. The highest BCUT2D eigenvalue weighted by Crippen LogP contribution is 2.30. The van der Waals surface area contributed by atoms with Crippen LogP contribution >= 0.6 is 0 Å². The molecule has 0 fully saturated rings. The van der Waals surface area contributed by atoms with Gasteiger partial charge in [0.1, 0.15) is 5.75 Å². The number of ether oxygens (including phenoxy) is 1. The minimum Gasteiger partial charge on any atom is -0.494 e. The smallest absolute Gasteiger partial charge is 0.124 e. The van der Waals surface area contributed by atoms with Crippen LogP contribution < -0.4 is 10.1 Å². The first-order valence-corrected chi connectivity index (χ1v) is 7.31. The molecule has 106 valence electrons. The third-order valence-corrected chi connectivity index (χ3v) is 4.02. The molecule has 0 spiro atoms. The van der Waals surface area contributed by atoms with Gasteiger partial charge in [0.25, 0.3) is 0 Å². The lowest BCUT2D eigenvalue weighted by Gasteiger charge is -2.34. The number of nitrogens with zero attached hydrogens (tertiary/aromatic N) is 1. The summed E-state index contributed by atoms with van der Waals surface area (Å²) >= 11 is 0. The van der Waals surface area contributed by atoms with Crippen LogP contribution in [0.4, 0.5) is 0 Å². The van der Waals surface area contributed by atoms with Crippen molar-refractivity contribution >= 4 is 0 Å². The fourth-order valence-electron chi connectivity index (χ4n) is 2.94. The summed E-state index contributed by atoms with van der Waals surface area (Å²) in [5.74, 6) is 1.04. The van der Waals surface area contributed by atoms with E-state index in [2.05, 4.69) is 36.3 Å². The maximum Gasteiger partial charge on any atom is 0.124 e. The Balaban J connectivity index is 2.33. The Bertz CT molecular complexity index is 431. The minimum absolute atomic E-state index is 0.674. The van der Waals surface area contributed by atoms with Crippen LogP contribution in [0, 0.1) is 0 Å². The van der Waals surface area contributed by atoms with Gasteiger partial charge < -0.3 is 10.1 Å². The van der Waals surface area contributed by atoms with E-state index in [-0.39, 0.29) is 0 Å². The fourth-order valence-corrected chi connectivity index (χ4v) is 2.94. The Hall–Kier alpha value is -1.06. The van der Waals surface area contributed by atoms with E-state index >= 15 is 0 Å². The number of rotatable bonds is 5. The van der Waals surface area contributed by atoms with E-state index in [1.54, 1.807) is 0 Å². The second-order valence-corrected chi connectivity index (χ2v) is 5.37. The summed E-state index contributed by atoms with van der Waals surface area (Å²) < 4.78 is 5.79. The van der Waals surface area contributed by atoms with Gasteiger partial charge in [0.05, 0.1) is 6.61 Å². The Kier molecular flexibility index (Phi) is 4.83. The van der Waals surface area contributed by atoms with E-state index in [9.17, 15) is 0 Å². The van der Waals surface area contributed by atoms with Crippen molar-refractivity contribution in [2.45, 2.75) is 45.8 Å². The molecule has 1 atom stereocenters. The van der Waals surface area contributed by atoms with Gasteiger partial charge in [-0.3, -0.25) is 4.90 Å². The van der Waals surface area contributed by atoms with Crippen molar-refractivity contribution in [2.75, 3.05) is 20.7 Å². The van der Waals surface area contributed by atoms with Gasteiger partial charge in [-0.2, -0.15) is 0 Å². The zero-order valence-corrected chi connectivity index (χ0v) is 12.6. The van der Waals surface area contributed by atoms with Crippen molar-refractivity contribution in [3.8, 4) is 5.75 Å². The highest BCUT2D eigenvalue weighted by Gasteiger charge is 2.23. The number of benzene rings is 1. The first-order chi connectivity index (χ1) is 9.19. The van der Waals surface area contributed by atoms with Crippen LogP contribution in [-0.2, 0) is 19.5 Å². The predicted octanol–water partition coefficient (Wildman–Crippen LogP) is 2.57. The monoisotopic (exact) mass is 262 g/mol. The molecule has 0 saturated carbocycles. The first-order valence-electron chi connectivity index (χ1n) is 7.31. The van der Waals surface area contributed by atoms with Gasteiger partial charge in [-0.05, 0) is 51.1 Å². The molecule has 2 rings (SSSR count). The van der Waals surface area contributed by atoms with Gasteiger partial charge in [0.2, 0.25) is 0 Å². The number of fused-ring (bicyclic) bond motifs is 1. The maximum absolute atomic E-state index is 5.79. The number of likely N-dealkylation sites (N-methyl/N-ethyl adjacent to an activating group) is 1. The van der Waals surface area contributed by atoms with E-state index < -0.39 is 0 Å². The van der Waals surface area contributed by atoms with Crippen LogP contribution in [0.2, 0.25) is 0 Å². The molecule has 1 aliphatic heterocycles. The van der Waals surface area contributed by atoms with Gasteiger partial charge in [-0.25, -0.2) is 0 Å². The lowest BCUT2D eigenvalue weighted by Crippen LogP contribution is -2.37. The number of nitrogens with one attached hydrogen (secondary N) is 1. The van der Waals surface area contributed by atoms with Crippen molar-refractivity contribution in [3.63, 3.8) is 0 Å². The molecule has 1 unspecified atom stereocenters. The Morgan fingerprint density at radius 1 is 1.32 bits per heavy atom. The van der Waals surface area contributed by atoms with Gasteiger partial charge in [0, 0.05) is 24.7 Å². The van der Waals surface area contributed by atoms with E-state index in [4.69, 9.17) is 4.74 Å². The molecule has 0 amide bonds. The van der Waals surface area contributed by atoms with Gasteiger partial charge in [-0.15, -0.1) is 0 Å². The van der Waals surface area contributed by atoms with Crippen molar-refractivity contribution in [1.82, 2.24) is 10.2 Å². The molecule has 3 nitrogen and oxygen atoms in total. The maximum atomic E-state index is 5.79. The normalized spacial score (nSPS) is 19.3. The Labute approximate surface area is 116 Å². The topological polar surface area (TPSA) is 24.5 Å². The van der Waals surface area contributed by atoms with Gasteiger partial charge in [-0.1, -0.05) is 13.0 Å². The summed E-state index contributed by atoms with van der Waals surface area (Å²) in [6, 6.07) is 5.26. The molecule has 3 heteroatoms. The largest absolute Gasteiger partial charge is 0.494 e. The quantitative estimate of drug-likeness (QED) is 0.882. The average Bonchev–Trinajstić information content (AvgIpc) is 2.40. The van der Waals surface area contributed by atoms with Gasteiger partial charge in [0.15, 0.2) is 0 Å². The third-order valence-electron chi connectivity index (χ3n) is 4.02. The summed E-state index contributed by atoms with van der Waals surface area (Å²) in [5.41, 5.74) is 4.21.